The molecule has 1 unspecified atom stereocenters. The monoisotopic (exact) mass is 371 g/mol. The largest absolute Gasteiger partial charge is 0.493 e. The fourth-order valence-electron chi connectivity index (χ4n) is 2.69. The maximum atomic E-state index is 13.2. The number of hydrogen-bond acceptors (Lipinski definition) is 5. The zero-order valence-corrected chi connectivity index (χ0v) is 16.1. The van der Waals surface area contributed by atoms with Gasteiger partial charge in [-0.3, -0.25) is 4.79 Å². The van der Waals surface area contributed by atoms with Crippen LogP contribution in [-0.2, 0) is 16.1 Å². The maximum Gasteiger partial charge on any atom is 0.328 e. The first-order valence-corrected chi connectivity index (χ1v) is 8.75. The number of amides is 1. The van der Waals surface area contributed by atoms with E-state index in [0.29, 0.717) is 17.1 Å². The number of carbonyl (C=O) groups excluding carboxylic acids is 2. The first kappa shape index (κ1) is 20.3. The van der Waals surface area contributed by atoms with Crippen molar-refractivity contribution in [1.29, 1.82) is 0 Å². The molecule has 0 aromatic heterocycles. The minimum absolute atomic E-state index is 0.257. The number of ether oxygens (including phenoxy) is 3. The number of carbonyl (C=O) groups is 2. The molecule has 0 saturated heterocycles. The summed E-state index contributed by atoms with van der Waals surface area (Å²) in [5.74, 6) is 0.247. The van der Waals surface area contributed by atoms with Gasteiger partial charge in [-0.2, -0.15) is 0 Å². The van der Waals surface area contributed by atoms with Gasteiger partial charge in [0.25, 0.3) is 5.91 Å². The average Bonchev–Trinajstić information content (AvgIpc) is 2.71. The molecule has 0 spiro atoms. The van der Waals surface area contributed by atoms with Crippen molar-refractivity contribution < 1.29 is 23.8 Å². The Morgan fingerprint density at radius 3 is 2.26 bits per heavy atom. The summed E-state index contributed by atoms with van der Waals surface area (Å²) in [5.41, 5.74) is 1.32. The van der Waals surface area contributed by atoms with Gasteiger partial charge >= 0.3 is 5.97 Å². The Bertz CT molecular complexity index is 775. The van der Waals surface area contributed by atoms with E-state index in [4.69, 9.17) is 14.2 Å². The summed E-state index contributed by atoms with van der Waals surface area (Å²) in [6, 6.07) is 13.7. The predicted octanol–water partition coefficient (Wildman–Crippen LogP) is 3.30. The van der Waals surface area contributed by atoms with E-state index < -0.39 is 12.0 Å². The normalized spacial score (nSPS) is 11.4. The number of nitrogens with zero attached hydrogens (tertiary/aromatic N) is 1. The molecule has 27 heavy (non-hydrogen) atoms. The third-order valence-corrected chi connectivity index (χ3v) is 4.18. The summed E-state index contributed by atoms with van der Waals surface area (Å²) >= 11 is 0. The van der Waals surface area contributed by atoms with Crippen LogP contribution in [0.4, 0.5) is 0 Å². The standard InChI is InChI=1S/C21H25NO5/c1-5-27-21(24)15(2)22(14-16-9-7-6-8-10-16)20(23)17-11-12-18(25-3)19(13-17)26-4/h6-13,15H,5,14H2,1-4H3. The third kappa shape index (κ3) is 5.00. The average molecular weight is 371 g/mol. The highest BCUT2D eigenvalue weighted by Gasteiger charge is 2.28. The lowest BCUT2D eigenvalue weighted by Gasteiger charge is -2.28. The van der Waals surface area contributed by atoms with Gasteiger partial charge in [0.15, 0.2) is 11.5 Å². The van der Waals surface area contributed by atoms with E-state index in [0.717, 1.165) is 5.56 Å². The minimum Gasteiger partial charge on any atom is -0.493 e. The van der Waals surface area contributed by atoms with Crippen molar-refractivity contribution in [2.45, 2.75) is 26.4 Å². The molecule has 1 amide bonds. The van der Waals surface area contributed by atoms with Crippen LogP contribution < -0.4 is 9.47 Å². The van der Waals surface area contributed by atoms with E-state index >= 15 is 0 Å². The van der Waals surface area contributed by atoms with Crippen LogP contribution in [-0.4, -0.2) is 43.6 Å². The molecular formula is C21H25NO5. The SMILES string of the molecule is CCOC(=O)C(C)N(Cc1ccccc1)C(=O)c1ccc(OC)c(OC)c1. The topological polar surface area (TPSA) is 65.1 Å². The van der Waals surface area contributed by atoms with Crippen molar-refractivity contribution in [2.75, 3.05) is 20.8 Å². The molecule has 2 aromatic carbocycles. The number of rotatable bonds is 8. The zero-order valence-electron chi connectivity index (χ0n) is 16.1. The Balaban J connectivity index is 2.36. The van der Waals surface area contributed by atoms with Gasteiger partial charge in [-0.05, 0) is 37.6 Å². The first-order chi connectivity index (χ1) is 13.0. The summed E-state index contributed by atoms with van der Waals surface area (Å²) in [6.07, 6.45) is 0. The minimum atomic E-state index is -0.731. The fraction of sp³-hybridized carbons (Fsp3) is 0.333. The molecule has 0 radical (unpaired) electrons. The van der Waals surface area contributed by atoms with Crippen molar-refractivity contribution in [2.24, 2.45) is 0 Å². The van der Waals surface area contributed by atoms with Crippen molar-refractivity contribution in [3.63, 3.8) is 0 Å². The quantitative estimate of drug-likeness (QED) is 0.666. The van der Waals surface area contributed by atoms with Gasteiger partial charge in [-0.15, -0.1) is 0 Å². The van der Waals surface area contributed by atoms with Crippen molar-refractivity contribution in [3.05, 3.63) is 59.7 Å². The zero-order chi connectivity index (χ0) is 19.8. The Hall–Kier alpha value is -3.02. The smallest absolute Gasteiger partial charge is 0.328 e. The number of hydrogen-bond donors (Lipinski definition) is 0. The molecule has 2 aromatic rings. The lowest BCUT2D eigenvalue weighted by Crippen LogP contribution is -2.43. The summed E-state index contributed by atoms with van der Waals surface area (Å²) in [5, 5.41) is 0. The van der Waals surface area contributed by atoms with E-state index in [1.165, 1.54) is 19.1 Å². The summed E-state index contributed by atoms with van der Waals surface area (Å²) in [6.45, 7) is 3.95. The molecule has 144 valence electrons. The van der Waals surface area contributed by atoms with Gasteiger partial charge in [-0.1, -0.05) is 30.3 Å². The van der Waals surface area contributed by atoms with Gasteiger partial charge in [-0.25, -0.2) is 4.79 Å². The molecule has 0 bridgehead atoms. The van der Waals surface area contributed by atoms with Gasteiger partial charge < -0.3 is 19.1 Å². The molecule has 0 fully saturated rings. The van der Waals surface area contributed by atoms with Crippen LogP contribution in [0.3, 0.4) is 0 Å². The predicted molar refractivity (Wildman–Crippen MR) is 102 cm³/mol. The molecule has 6 heteroatoms. The van der Waals surface area contributed by atoms with E-state index in [-0.39, 0.29) is 19.1 Å². The van der Waals surface area contributed by atoms with Crippen LogP contribution in [0.25, 0.3) is 0 Å². The number of esters is 1. The second-order valence-corrected chi connectivity index (χ2v) is 5.92. The highest BCUT2D eigenvalue weighted by atomic mass is 16.5. The third-order valence-electron chi connectivity index (χ3n) is 4.18. The molecule has 2 rings (SSSR count). The van der Waals surface area contributed by atoms with Gasteiger partial charge in [0.2, 0.25) is 0 Å². The maximum absolute atomic E-state index is 13.2. The molecule has 0 aliphatic rings. The fourth-order valence-corrected chi connectivity index (χ4v) is 2.69. The van der Waals surface area contributed by atoms with E-state index in [2.05, 4.69) is 0 Å². The number of benzene rings is 2. The highest BCUT2D eigenvalue weighted by Crippen LogP contribution is 2.28. The van der Waals surface area contributed by atoms with Crippen LogP contribution in [0, 0.1) is 0 Å². The summed E-state index contributed by atoms with van der Waals surface area (Å²) in [4.78, 5) is 27.0. The van der Waals surface area contributed by atoms with E-state index in [9.17, 15) is 9.59 Å². The molecule has 0 saturated carbocycles. The highest BCUT2D eigenvalue weighted by molar-refractivity contribution is 5.97. The molecule has 0 heterocycles. The molecule has 6 nitrogen and oxygen atoms in total. The van der Waals surface area contributed by atoms with Gasteiger partial charge in [0.05, 0.1) is 20.8 Å². The molecule has 0 N–H and O–H groups in total. The Kier molecular flexibility index (Phi) is 7.23. The van der Waals surface area contributed by atoms with Crippen molar-refractivity contribution >= 4 is 11.9 Å². The van der Waals surface area contributed by atoms with Crippen molar-refractivity contribution in [3.8, 4) is 11.5 Å². The molecule has 0 aliphatic heterocycles. The molecule has 1 atom stereocenters. The Morgan fingerprint density at radius 2 is 1.67 bits per heavy atom. The van der Waals surface area contributed by atoms with Crippen LogP contribution in [0.1, 0.15) is 29.8 Å². The van der Waals surface area contributed by atoms with Crippen LogP contribution in [0.2, 0.25) is 0 Å². The van der Waals surface area contributed by atoms with Gasteiger partial charge in [0.1, 0.15) is 6.04 Å². The lowest BCUT2D eigenvalue weighted by molar-refractivity contribution is -0.148. The van der Waals surface area contributed by atoms with Crippen LogP contribution >= 0.6 is 0 Å². The van der Waals surface area contributed by atoms with Crippen molar-refractivity contribution in [1.82, 2.24) is 4.90 Å². The summed E-state index contributed by atoms with van der Waals surface area (Å²) < 4.78 is 15.6. The molecular weight excluding hydrogens is 346 g/mol. The first-order valence-electron chi connectivity index (χ1n) is 8.75. The van der Waals surface area contributed by atoms with Crippen LogP contribution in [0.5, 0.6) is 11.5 Å². The Morgan fingerprint density at radius 1 is 1.00 bits per heavy atom. The van der Waals surface area contributed by atoms with Gasteiger partial charge in [0, 0.05) is 12.1 Å². The van der Waals surface area contributed by atoms with E-state index in [1.54, 1.807) is 32.0 Å². The van der Waals surface area contributed by atoms with E-state index in [1.807, 2.05) is 30.3 Å². The number of methoxy groups -OCH3 is 2. The van der Waals surface area contributed by atoms with Crippen LogP contribution in [0.15, 0.2) is 48.5 Å². The second kappa shape index (κ2) is 9.62. The summed E-state index contributed by atoms with van der Waals surface area (Å²) in [7, 11) is 3.04. The second-order valence-electron chi connectivity index (χ2n) is 5.92. The molecule has 0 aliphatic carbocycles. The lowest BCUT2D eigenvalue weighted by atomic mass is 10.1. The Labute approximate surface area is 159 Å².